The molecule has 7 heteroatoms. The summed E-state index contributed by atoms with van der Waals surface area (Å²) < 4.78 is 34.8. The van der Waals surface area contributed by atoms with Gasteiger partial charge >= 0.3 is 0 Å². The number of rotatable bonds is 4. The molecule has 0 saturated carbocycles. The molecule has 0 bridgehead atoms. The molecule has 1 aliphatic rings. The fourth-order valence-electron chi connectivity index (χ4n) is 2.41. The fourth-order valence-corrected chi connectivity index (χ4v) is 3.23. The largest absolute Gasteiger partial charge is 0.485 e. The SMILES string of the molecule is CCS(=O)(=O)OC1C(CN)c2cnccc2OC1(C)C. The van der Waals surface area contributed by atoms with Crippen LogP contribution in [0.4, 0.5) is 0 Å². The van der Waals surface area contributed by atoms with Gasteiger partial charge in [-0.2, -0.15) is 8.42 Å². The molecule has 2 atom stereocenters. The first-order valence-electron chi connectivity index (χ1n) is 6.54. The van der Waals surface area contributed by atoms with Crippen LogP contribution in [0.2, 0.25) is 0 Å². The molecule has 0 aliphatic carbocycles. The number of aromatic nitrogens is 1. The van der Waals surface area contributed by atoms with Gasteiger partial charge < -0.3 is 10.5 Å². The van der Waals surface area contributed by atoms with E-state index in [2.05, 4.69) is 4.98 Å². The molecule has 112 valence electrons. The molecule has 0 radical (unpaired) electrons. The van der Waals surface area contributed by atoms with E-state index in [-0.39, 0.29) is 18.2 Å². The molecule has 0 amide bonds. The minimum atomic E-state index is -3.59. The Labute approximate surface area is 119 Å². The van der Waals surface area contributed by atoms with Gasteiger partial charge in [0.25, 0.3) is 10.1 Å². The van der Waals surface area contributed by atoms with Gasteiger partial charge in [0.2, 0.25) is 0 Å². The van der Waals surface area contributed by atoms with Crippen LogP contribution in [0.3, 0.4) is 0 Å². The van der Waals surface area contributed by atoms with Crippen molar-refractivity contribution in [1.82, 2.24) is 4.98 Å². The van der Waals surface area contributed by atoms with Crippen molar-refractivity contribution >= 4 is 10.1 Å². The third-order valence-electron chi connectivity index (χ3n) is 3.49. The smallest absolute Gasteiger partial charge is 0.267 e. The van der Waals surface area contributed by atoms with Crippen LogP contribution in [0.1, 0.15) is 32.3 Å². The quantitative estimate of drug-likeness (QED) is 0.835. The first-order valence-corrected chi connectivity index (χ1v) is 8.12. The summed E-state index contributed by atoms with van der Waals surface area (Å²) >= 11 is 0. The molecule has 1 aromatic heterocycles. The van der Waals surface area contributed by atoms with Crippen molar-refractivity contribution in [2.45, 2.75) is 38.4 Å². The molecular formula is C13H20N2O4S. The van der Waals surface area contributed by atoms with E-state index in [4.69, 9.17) is 14.7 Å². The van der Waals surface area contributed by atoms with Crippen LogP contribution in [-0.4, -0.2) is 37.4 Å². The monoisotopic (exact) mass is 300 g/mol. The van der Waals surface area contributed by atoms with E-state index < -0.39 is 21.8 Å². The molecule has 6 nitrogen and oxygen atoms in total. The van der Waals surface area contributed by atoms with Crippen LogP contribution >= 0.6 is 0 Å². The molecule has 20 heavy (non-hydrogen) atoms. The average Bonchev–Trinajstić information content (AvgIpc) is 2.39. The van der Waals surface area contributed by atoms with Gasteiger partial charge in [0.15, 0.2) is 0 Å². The Morgan fingerprint density at radius 1 is 1.50 bits per heavy atom. The van der Waals surface area contributed by atoms with Crippen LogP contribution in [-0.2, 0) is 14.3 Å². The highest BCUT2D eigenvalue weighted by atomic mass is 32.2. The number of pyridine rings is 1. The molecule has 1 aliphatic heterocycles. The molecule has 2 rings (SSSR count). The van der Waals surface area contributed by atoms with Gasteiger partial charge in [0, 0.05) is 30.4 Å². The normalized spacial score (nSPS) is 24.8. The van der Waals surface area contributed by atoms with Gasteiger partial charge in [-0.05, 0) is 26.8 Å². The third-order valence-corrected chi connectivity index (χ3v) is 4.70. The molecule has 2 heterocycles. The minimum absolute atomic E-state index is 0.0865. The highest BCUT2D eigenvalue weighted by molar-refractivity contribution is 7.86. The second-order valence-corrected chi connectivity index (χ2v) is 7.21. The molecule has 1 aromatic rings. The van der Waals surface area contributed by atoms with Gasteiger partial charge in [-0.25, -0.2) is 0 Å². The summed E-state index contributed by atoms with van der Waals surface area (Å²) in [6.07, 6.45) is 2.61. The summed E-state index contributed by atoms with van der Waals surface area (Å²) in [5.41, 5.74) is 5.82. The first kappa shape index (κ1) is 15.2. The first-order chi connectivity index (χ1) is 9.30. The maximum absolute atomic E-state index is 11.8. The van der Waals surface area contributed by atoms with E-state index in [1.54, 1.807) is 39.2 Å². The van der Waals surface area contributed by atoms with Gasteiger partial charge in [-0.1, -0.05) is 0 Å². The zero-order valence-corrected chi connectivity index (χ0v) is 12.7. The third kappa shape index (κ3) is 2.79. The summed E-state index contributed by atoms with van der Waals surface area (Å²) in [5, 5.41) is 0. The maximum atomic E-state index is 11.8. The number of nitrogens with zero attached hydrogens (tertiary/aromatic N) is 1. The standard InChI is InChI=1S/C13H20N2O4S/c1-4-20(16,17)19-12-9(7-14)10-8-15-6-5-11(10)18-13(12,2)3/h5-6,8-9,12H,4,7,14H2,1-3H3. The number of fused-ring (bicyclic) bond motifs is 1. The van der Waals surface area contributed by atoms with Crippen molar-refractivity contribution in [1.29, 1.82) is 0 Å². The predicted molar refractivity (Wildman–Crippen MR) is 75.1 cm³/mol. The molecule has 0 saturated heterocycles. The molecule has 0 fully saturated rings. The lowest BCUT2D eigenvalue weighted by atomic mass is 9.82. The van der Waals surface area contributed by atoms with Gasteiger partial charge in [0.1, 0.15) is 17.5 Å². The molecule has 2 unspecified atom stereocenters. The second kappa shape index (κ2) is 5.31. The van der Waals surface area contributed by atoms with E-state index in [9.17, 15) is 8.42 Å². The second-order valence-electron chi connectivity index (χ2n) is 5.32. The van der Waals surface area contributed by atoms with Crippen molar-refractivity contribution < 1.29 is 17.3 Å². The maximum Gasteiger partial charge on any atom is 0.267 e. The van der Waals surface area contributed by atoms with Gasteiger partial charge in [0.05, 0.1) is 5.75 Å². The van der Waals surface area contributed by atoms with Crippen LogP contribution in [0, 0.1) is 0 Å². The fraction of sp³-hybridized carbons (Fsp3) is 0.615. The highest BCUT2D eigenvalue weighted by Crippen LogP contribution is 2.42. The average molecular weight is 300 g/mol. The summed E-state index contributed by atoms with van der Waals surface area (Å²) in [4.78, 5) is 4.05. The van der Waals surface area contributed by atoms with Gasteiger partial charge in [-0.3, -0.25) is 9.17 Å². The number of ether oxygens (including phenoxy) is 1. The van der Waals surface area contributed by atoms with Crippen LogP contribution < -0.4 is 10.5 Å². The number of nitrogens with two attached hydrogens (primary N) is 1. The van der Waals surface area contributed by atoms with Crippen molar-refractivity contribution in [3.05, 3.63) is 24.0 Å². The zero-order valence-electron chi connectivity index (χ0n) is 11.9. The Morgan fingerprint density at radius 3 is 2.80 bits per heavy atom. The summed E-state index contributed by atoms with van der Waals surface area (Å²) in [5.74, 6) is 0.314. The minimum Gasteiger partial charge on any atom is -0.485 e. The van der Waals surface area contributed by atoms with E-state index >= 15 is 0 Å². The van der Waals surface area contributed by atoms with Crippen molar-refractivity contribution in [3.63, 3.8) is 0 Å². The predicted octanol–water partition coefficient (Wildman–Crippen LogP) is 1.03. The Morgan fingerprint density at radius 2 is 2.20 bits per heavy atom. The topological polar surface area (TPSA) is 91.5 Å². The lowest BCUT2D eigenvalue weighted by Crippen LogP contribution is -2.52. The summed E-state index contributed by atoms with van der Waals surface area (Å²) in [7, 11) is -3.59. The van der Waals surface area contributed by atoms with E-state index in [0.717, 1.165) is 5.56 Å². The Kier molecular flexibility index (Phi) is 4.04. The Hall–Kier alpha value is -1.18. The zero-order chi connectivity index (χ0) is 15.0. The molecule has 2 N–H and O–H groups in total. The number of hydrogen-bond acceptors (Lipinski definition) is 6. The molecule has 0 spiro atoms. The van der Waals surface area contributed by atoms with Gasteiger partial charge in [-0.15, -0.1) is 0 Å². The number of hydrogen-bond donors (Lipinski definition) is 1. The van der Waals surface area contributed by atoms with Crippen LogP contribution in [0.5, 0.6) is 5.75 Å². The van der Waals surface area contributed by atoms with E-state index in [0.29, 0.717) is 5.75 Å². The van der Waals surface area contributed by atoms with E-state index in [1.165, 1.54) is 0 Å². The van der Waals surface area contributed by atoms with Crippen LogP contribution in [0.15, 0.2) is 18.5 Å². The van der Waals surface area contributed by atoms with E-state index in [1.807, 2.05) is 0 Å². The summed E-state index contributed by atoms with van der Waals surface area (Å²) in [6, 6.07) is 1.75. The van der Waals surface area contributed by atoms with Crippen LogP contribution in [0.25, 0.3) is 0 Å². The molecular weight excluding hydrogens is 280 g/mol. The summed E-state index contributed by atoms with van der Waals surface area (Å²) in [6.45, 7) is 5.40. The Bertz CT molecular complexity index is 586. The van der Waals surface area contributed by atoms with Crippen molar-refractivity contribution in [3.8, 4) is 5.75 Å². The van der Waals surface area contributed by atoms with Crippen molar-refractivity contribution in [2.75, 3.05) is 12.3 Å². The lowest BCUT2D eigenvalue weighted by molar-refractivity contribution is -0.0390. The molecule has 0 aromatic carbocycles. The highest BCUT2D eigenvalue weighted by Gasteiger charge is 2.46. The van der Waals surface area contributed by atoms with Crippen molar-refractivity contribution in [2.24, 2.45) is 5.73 Å². The Balaban J connectivity index is 2.45. The lowest BCUT2D eigenvalue weighted by Gasteiger charge is -2.43.